The van der Waals surface area contributed by atoms with Crippen LogP contribution in [0.15, 0.2) is 18.2 Å². The largest absolute Gasteiger partial charge is 0.465 e. The number of rotatable bonds is 2. The fraction of sp³-hybridized carbons (Fsp3) is 0.250. The molecule has 0 aliphatic carbocycles. The molecule has 0 radical (unpaired) electrons. The second-order valence-electron chi connectivity index (χ2n) is 3.29. The molecule has 1 aromatic rings. The summed E-state index contributed by atoms with van der Waals surface area (Å²) in [5.41, 5.74) is 2.35. The smallest absolute Gasteiger partial charge is 0.349 e. The van der Waals surface area contributed by atoms with Crippen LogP contribution in [-0.4, -0.2) is 19.0 Å². The summed E-state index contributed by atoms with van der Waals surface area (Å²) in [6.45, 7) is 3.72. The van der Waals surface area contributed by atoms with Crippen LogP contribution in [0.3, 0.4) is 0 Å². The van der Waals surface area contributed by atoms with E-state index in [4.69, 9.17) is 0 Å². The quantitative estimate of drug-likeness (QED) is 0.418. The van der Waals surface area contributed by atoms with Crippen LogP contribution in [0.25, 0.3) is 5.57 Å². The molecule has 0 heterocycles. The highest BCUT2D eigenvalue weighted by atomic mass is 16.5. The van der Waals surface area contributed by atoms with E-state index in [1.807, 2.05) is 26.0 Å². The lowest BCUT2D eigenvalue weighted by Gasteiger charge is -2.06. The average molecular weight is 204 g/mol. The van der Waals surface area contributed by atoms with Crippen LogP contribution in [0.2, 0.25) is 0 Å². The van der Waals surface area contributed by atoms with Crippen molar-refractivity contribution in [3.8, 4) is 0 Å². The first-order valence-corrected chi connectivity index (χ1v) is 4.51. The zero-order valence-electron chi connectivity index (χ0n) is 8.96. The third-order valence-corrected chi connectivity index (χ3v) is 2.15. The lowest BCUT2D eigenvalue weighted by atomic mass is 9.99. The molecular weight excluding hydrogens is 192 g/mol. The first-order valence-electron chi connectivity index (χ1n) is 4.51. The van der Waals surface area contributed by atoms with Gasteiger partial charge >= 0.3 is 5.97 Å². The highest BCUT2D eigenvalue weighted by Crippen LogP contribution is 2.19. The Hall–Kier alpha value is -1.86. The molecule has 0 aromatic heterocycles. The number of ether oxygens (including phenoxy) is 1. The van der Waals surface area contributed by atoms with Crippen LogP contribution in [0, 0.1) is 13.8 Å². The van der Waals surface area contributed by atoms with E-state index in [-0.39, 0.29) is 5.57 Å². The summed E-state index contributed by atoms with van der Waals surface area (Å²) in [4.78, 5) is 22.0. The van der Waals surface area contributed by atoms with E-state index in [0.29, 0.717) is 5.56 Å². The van der Waals surface area contributed by atoms with Crippen molar-refractivity contribution >= 4 is 17.5 Å². The summed E-state index contributed by atoms with van der Waals surface area (Å²) >= 11 is 0. The summed E-state index contributed by atoms with van der Waals surface area (Å²) in [5, 5.41) is 0. The maximum Gasteiger partial charge on any atom is 0.349 e. The molecular formula is C12H12O3. The Morgan fingerprint density at radius 2 is 2.00 bits per heavy atom. The molecule has 0 unspecified atom stereocenters. The van der Waals surface area contributed by atoms with E-state index in [0.717, 1.165) is 11.1 Å². The van der Waals surface area contributed by atoms with Crippen LogP contribution in [0.4, 0.5) is 0 Å². The highest BCUT2D eigenvalue weighted by molar-refractivity contribution is 6.25. The van der Waals surface area contributed by atoms with Gasteiger partial charge in [-0.05, 0) is 19.4 Å². The minimum absolute atomic E-state index is 0.0568. The summed E-state index contributed by atoms with van der Waals surface area (Å²) in [7, 11) is 1.24. The van der Waals surface area contributed by atoms with Crippen LogP contribution < -0.4 is 0 Å². The van der Waals surface area contributed by atoms with Gasteiger partial charge in [0.15, 0.2) is 5.57 Å². The Kier molecular flexibility index (Phi) is 3.42. The van der Waals surface area contributed by atoms with E-state index in [1.54, 1.807) is 12.0 Å². The Morgan fingerprint density at radius 3 is 2.53 bits per heavy atom. The van der Waals surface area contributed by atoms with Crippen molar-refractivity contribution in [3.63, 3.8) is 0 Å². The third kappa shape index (κ3) is 2.33. The Labute approximate surface area is 88.4 Å². The molecule has 0 spiro atoms. The zero-order chi connectivity index (χ0) is 11.4. The van der Waals surface area contributed by atoms with Crippen molar-refractivity contribution in [3.05, 3.63) is 34.9 Å². The SMILES string of the molecule is COC(=O)C(=C=O)c1cc(C)ccc1C. The predicted octanol–water partition coefficient (Wildman–Crippen LogP) is 1.69. The number of carbonyl (C=O) groups is 1. The molecule has 0 bridgehead atoms. The number of methoxy groups -OCH3 is 1. The van der Waals surface area contributed by atoms with Crippen molar-refractivity contribution in [2.45, 2.75) is 13.8 Å². The number of carbonyl (C=O) groups excluding carboxylic acids is 2. The van der Waals surface area contributed by atoms with Crippen LogP contribution >= 0.6 is 0 Å². The number of benzene rings is 1. The van der Waals surface area contributed by atoms with E-state index in [2.05, 4.69) is 4.74 Å². The fourth-order valence-electron chi connectivity index (χ4n) is 1.31. The summed E-state index contributed by atoms with van der Waals surface area (Å²) in [6.07, 6.45) is 0. The molecule has 0 atom stereocenters. The minimum atomic E-state index is -0.654. The van der Waals surface area contributed by atoms with Gasteiger partial charge in [0.2, 0.25) is 0 Å². The van der Waals surface area contributed by atoms with Gasteiger partial charge in [-0.1, -0.05) is 23.8 Å². The number of hydrogen-bond acceptors (Lipinski definition) is 3. The van der Waals surface area contributed by atoms with Crippen LogP contribution in [-0.2, 0) is 14.3 Å². The Morgan fingerprint density at radius 1 is 1.33 bits per heavy atom. The van der Waals surface area contributed by atoms with Gasteiger partial charge in [0.25, 0.3) is 0 Å². The van der Waals surface area contributed by atoms with Gasteiger partial charge in [0.1, 0.15) is 5.94 Å². The molecule has 15 heavy (non-hydrogen) atoms. The number of aryl methyl sites for hydroxylation is 2. The third-order valence-electron chi connectivity index (χ3n) is 2.15. The molecule has 3 nitrogen and oxygen atoms in total. The van der Waals surface area contributed by atoms with E-state index in [1.165, 1.54) is 7.11 Å². The second kappa shape index (κ2) is 4.58. The zero-order valence-corrected chi connectivity index (χ0v) is 8.96. The van der Waals surface area contributed by atoms with Crippen molar-refractivity contribution < 1.29 is 14.3 Å². The van der Waals surface area contributed by atoms with Gasteiger partial charge < -0.3 is 4.74 Å². The summed E-state index contributed by atoms with van der Waals surface area (Å²) < 4.78 is 4.51. The first kappa shape index (κ1) is 11.2. The maximum absolute atomic E-state index is 11.3. The normalized spacial score (nSPS) is 9.27. The summed E-state index contributed by atoms with van der Waals surface area (Å²) in [6, 6.07) is 5.54. The van der Waals surface area contributed by atoms with Gasteiger partial charge in [-0.2, -0.15) is 0 Å². The van der Waals surface area contributed by atoms with Crippen molar-refractivity contribution in [2.24, 2.45) is 0 Å². The van der Waals surface area contributed by atoms with Crippen LogP contribution in [0.1, 0.15) is 16.7 Å². The molecule has 0 saturated carbocycles. The topological polar surface area (TPSA) is 43.4 Å². The van der Waals surface area contributed by atoms with Crippen LogP contribution in [0.5, 0.6) is 0 Å². The number of hydrogen-bond donors (Lipinski definition) is 0. The summed E-state index contributed by atoms with van der Waals surface area (Å²) in [5.74, 6) is 0.975. The second-order valence-corrected chi connectivity index (χ2v) is 3.29. The number of esters is 1. The molecule has 0 fully saturated rings. The molecule has 1 aromatic carbocycles. The van der Waals surface area contributed by atoms with Crippen molar-refractivity contribution in [2.75, 3.05) is 7.11 Å². The molecule has 0 amide bonds. The molecule has 1 rings (SSSR count). The molecule has 3 heteroatoms. The molecule has 0 aliphatic heterocycles. The fourth-order valence-corrected chi connectivity index (χ4v) is 1.31. The average Bonchev–Trinajstić information content (AvgIpc) is 2.23. The highest BCUT2D eigenvalue weighted by Gasteiger charge is 2.15. The van der Waals surface area contributed by atoms with Crippen molar-refractivity contribution in [1.29, 1.82) is 0 Å². The molecule has 0 saturated heterocycles. The van der Waals surface area contributed by atoms with E-state index >= 15 is 0 Å². The molecule has 0 N–H and O–H groups in total. The van der Waals surface area contributed by atoms with E-state index < -0.39 is 5.97 Å². The standard InChI is InChI=1S/C12H12O3/c1-8-4-5-9(2)10(6-8)11(7-13)12(14)15-3/h4-6H,1-3H3. The van der Waals surface area contributed by atoms with Gasteiger partial charge in [-0.3, -0.25) is 0 Å². The minimum Gasteiger partial charge on any atom is -0.465 e. The van der Waals surface area contributed by atoms with Gasteiger partial charge in [-0.25, -0.2) is 9.59 Å². The first-order chi connectivity index (χ1) is 7.10. The molecule has 78 valence electrons. The Balaban J connectivity index is 3.31. The van der Waals surface area contributed by atoms with E-state index in [9.17, 15) is 9.59 Å². The monoisotopic (exact) mass is 204 g/mol. The van der Waals surface area contributed by atoms with Crippen molar-refractivity contribution in [1.82, 2.24) is 0 Å². The van der Waals surface area contributed by atoms with Gasteiger partial charge in [0, 0.05) is 5.56 Å². The predicted molar refractivity (Wildman–Crippen MR) is 57.0 cm³/mol. The lowest BCUT2D eigenvalue weighted by molar-refractivity contribution is -0.133. The van der Waals surface area contributed by atoms with Gasteiger partial charge in [0.05, 0.1) is 7.11 Å². The lowest BCUT2D eigenvalue weighted by Crippen LogP contribution is -2.06. The molecule has 0 aliphatic rings. The Bertz CT molecular complexity index is 440. The maximum atomic E-state index is 11.3. The van der Waals surface area contributed by atoms with Gasteiger partial charge in [-0.15, -0.1) is 0 Å².